The Hall–Kier alpha value is -6.55. The van der Waals surface area contributed by atoms with Crippen LogP contribution in [0.15, 0.2) is 158 Å². The summed E-state index contributed by atoms with van der Waals surface area (Å²) in [6, 6.07) is 62.3. The predicted molar refractivity (Wildman–Crippen MR) is 286 cm³/mol. The van der Waals surface area contributed by atoms with Gasteiger partial charge >= 0.3 is 320 Å². The molecule has 0 spiro atoms. The Kier molecular flexibility index (Phi) is 11.0. The predicted octanol–water partition coefficient (Wildman–Crippen LogP) is 16.7. The first-order valence-electron chi connectivity index (χ1n) is 24.6. The Morgan fingerprint density at radius 3 is 1.71 bits per heavy atom. The van der Waals surface area contributed by atoms with Crippen LogP contribution in [0.1, 0.15) is 104 Å². The van der Waals surface area contributed by atoms with Crippen molar-refractivity contribution in [2.45, 2.75) is 104 Å². The van der Waals surface area contributed by atoms with Gasteiger partial charge in [-0.25, -0.2) is 0 Å². The minimum absolute atomic E-state index is 0.0477. The Morgan fingerprint density at radius 1 is 0.529 bits per heavy atom. The van der Waals surface area contributed by atoms with E-state index in [1.54, 1.807) is 0 Å². The number of imidazole rings is 1. The zero-order valence-electron chi connectivity index (χ0n) is 41.9. The van der Waals surface area contributed by atoms with Crippen molar-refractivity contribution < 1.29 is 24.1 Å². The molecule has 7 aromatic carbocycles. The van der Waals surface area contributed by atoms with Crippen LogP contribution in [0.3, 0.4) is 0 Å². The molecule has 10 aromatic rings. The van der Waals surface area contributed by atoms with Gasteiger partial charge in [0.2, 0.25) is 0 Å². The van der Waals surface area contributed by atoms with Crippen molar-refractivity contribution in [3.05, 3.63) is 196 Å². The van der Waals surface area contributed by atoms with Crippen LogP contribution in [0.2, 0.25) is 0 Å². The van der Waals surface area contributed by atoms with Gasteiger partial charge < -0.3 is 0 Å². The van der Waals surface area contributed by atoms with Gasteiger partial charge in [0.05, 0.1) is 0 Å². The molecule has 0 fully saturated rings. The number of ether oxygens (including phenoxy) is 1. The third kappa shape index (κ3) is 7.91. The van der Waals surface area contributed by atoms with Crippen molar-refractivity contribution in [3.63, 3.8) is 0 Å². The Balaban J connectivity index is 1.08. The van der Waals surface area contributed by atoms with E-state index in [1.165, 1.54) is 49.9 Å². The Morgan fingerprint density at radius 2 is 1.10 bits per heavy atom. The second kappa shape index (κ2) is 16.8. The van der Waals surface area contributed by atoms with Gasteiger partial charge in [-0.15, -0.1) is 0 Å². The zero-order valence-corrected chi connectivity index (χ0v) is 44.2. The molecule has 0 amide bonds. The molecule has 3 heterocycles. The summed E-state index contributed by atoms with van der Waals surface area (Å²) in [7, 11) is 0. The second-order valence-electron chi connectivity index (χ2n) is 22.6. The molecule has 3 aromatic heterocycles. The molecule has 6 heteroatoms. The number of hydrogen-bond acceptors (Lipinski definition) is 2. The van der Waals surface area contributed by atoms with E-state index >= 15 is 0 Å². The van der Waals surface area contributed by atoms with Crippen LogP contribution in [0, 0.1) is 15.9 Å². The minimum Gasteiger partial charge on any atom is -0.0558 e. The minimum atomic E-state index is -0.0758. The summed E-state index contributed by atoms with van der Waals surface area (Å²) in [6.07, 6.45) is 4.24. The van der Waals surface area contributed by atoms with Crippen molar-refractivity contribution in [3.8, 4) is 50.9 Å². The van der Waals surface area contributed by atoms with Crippen LogP contribution in [0.5, 0.6) is 11.5 Å². The molecule has 70 heavy (non-hydrogen) atoms. The van der Waals surface area contributed by atoms with Crippen LogP contribution in [-0.4, -0.2) is 18.7 Å². The molecular weight excluding hydrogens is 1040 g/mol. The van der Waals surface area contributed by atoms with Crippen LogP contribution >= 0.6 is 0 Å². The summed E-state index contributed by atoms with van der Waals surface area (Å²) < 4.78 is 14.9. The third-order valence-corrected chi connectivity index (χ3v) is 15.8. The van der Waals surface area contributed by atoms with Gasteiger partial charge in [-0.05, 0) is 51.8 Å². The summed E-state index contributed by atoms with van der Waals surface area (Å²) in [5.41, 5.74) is 16.3. The Labute approximate surface area is 423 Å². The summed E-state index contributed by atoms with van der Waals surface area (Å²) in [5.74, 6) is 2.10. The third-order valence-electron chi connectivity index (χ3n) is 14.8. The molecule has 354 valence electrons. The number of rotatable bonds is 7. The van der Waals surface area contributed by atoms with E-state index in [0.717, 1.165) is 61.3 Å². The second-order valence-corrected chi connectivity index (χ2v) is 23.6. The summed E-state index contributed by atoms with van der Waals surface area (Å²) in [6.45, 7) is 23.2. The fraction of sp³-hybridized carbons (Fsp3) is 0.250. The fourth-order valence-corrected chi connectivity index (χ4v) is 11.6. The number of aromatic nitrogens is 4. The number of nitrogens with zero attached hydrogens (tertiary/aromatic N) is 4. The smallest absolute Gasteiger partial charge is 0.0558 e. The maximum absolute atomic E-state index is 6.85. The monoisotopic (exact) mass is 1100 g/mol. The van der Waals surface area contributed by atoms with E-state index < -0.39 is 0 Å². The van der Waals surface area contributed by atoms with Crippen LogP contribution < -0.4 is 4.74 Å². The average Bonchev–Trinajstić information content (AvgIpc) is 3.82. The van der Waals surface area contributed by atoms with Crippen LogP contribution in [0.25, 0.3) is 72.3 Å². The zero-order chi connectivity index (χ0) is 48.9. The van der Waals surface area contributed by atoms with E-state index in [0.29, 0.717) is 11.5 Å². The van der Waals surface area contributed by atoms with Gasteiger partial charge in [-0.3, -0.25) is 0 Å². The molecule has 0 unspecified atom stereocenters. The maximum atomic E-state index is 6.85. The van der Waals surface area contributed by atoms with E-state index in [-0.39, 0.29) is 21.7 Å². The molecule has 0 bridgehead atoms. The first-order chi connectivity index (χ1) is 33.4. The molecule has 0 saturated carbocycles. The molecule has 1 aliphatic rings. The quantitative estimate of drug-likeness (QED) is 0.149. The van der Waals surface area contributed by atoms with Gasteiger partial charge in [-0.1, -0.05) is 48.5 Å². The molecule has 11 rings (SSSR count). The van der Waals surface area contributed by atoms with Crippen molar-refractivity contribution in [1.29, 1.82) is 0 Å². The van der Waals surface area contributed by atoms with E-state index in [4.69, 9.17) is 9.72 Å². The number of fused-ring (bicyclic) bond motifs is 5. The van der Waals surface area contributed by atoms with E-state index in [1.807, 2.05) is 12.3 Å². The van der Waals surface area contributed by atoms with Crippen molar-refractivity contribution >= 4 is 32.8 Å². The van der Waals surface area contributed by atoms with Crippen molar-refractivity contribution in [2.24, 2.45) is 0 Å². The van der Waals surface area contributed by atoms with Crippen molar-refractivity contribution in [2.75, 3.05) is 0 Å². The summed E-state index contributed by atoms with van der Waals surface area (Å²) in [5, 5.41) is 2.34. The molecular formula is C64H60N4OPt-2. The number of hydrogen-bond donors (Lipinski definition) is 0. The van der Waals surface area contributed by atoms with Gasteiger partial charge in [0.25, 0.3) is 0 Å². The molecule has 1 aliphatic carbocycles. The molecule has 0 atom stereocenters. The topological polar surface area (TPSA) is 36.9 Å². The first kappa shape index (κ1) is 45.9. The number of pyridine rings is 1. The van der Waals surface area contributed by atoms with Gasteiger partial charge in [0.15, 0.2) is 0 Å². The van der Waals surface area contributed by atoms with Crippen LogP contribution in [0.4, 0.5) is 0 Å². The SMILES string of the molecule is CC(C)(C)c1ccnc(-n2c3[c-]c(Oc4[c-]c(-n5[c](=[Pt])n(-c6c(-c7ccccc7)cc(C(C)(C)C)cc6-c6ccccc6)c6ccccc65)ccc4)ccc3c3cc4c(cc32)C(C)(C)CCC4(C)C)c1. The summed E-state index contributed by atoms with van der Waals surface area (Å²) >= 11 is 2.51. The number of para-hydroxylation sites is 2. The molecule has 0 radical (unpaired) electrons. The van der Waals surface area contributed by atoms with E-state index in [9.17, 15) is 0 Å². The van der Waals surface area contributed by atoms with Gasteiger partial charge in [0, 0.05) is 6.20 Å². The normalized spacial score (nSPS) is 14.6. The van der Waals surface area contributed by atoms with Crippen LogP contribution in [-0.2, 0) is 41.0 Å². The molecule has 5 nitrogen and oxygen atoms in total. The molecule has 0 saturated heterocycles. The average molecular weight is 1100 g/mol. The standard InChI is InChI=1S/C64H60N4O.Pt/c1-61(2,3)44-30-33-65-59(36-44)68-57-38-48(28-29-49(57)52-39-53-54(40-58(52)68)64(9,10)32-31-63(53,7)8)69-47-25-19-24-46(37-47)66-41-67(56-27-18-17-26-55(56)66)60-50(42-20-13-11-14-21-42)34-45(62(4,5)6)35-51(60)43-22-15-12-16-23-43;/h11-30,33-36,39-40H,31-32H2,1-10H3;/q-2;. The summed E-state index contributed by atoms with van der Waals surface area (Å²) in [4.78, 5) is 5.04. The van der Waals surface area contributed by atoms with Gasteiger partial charge in [-0.2, -0.15) is 0 Å². The molecule has 0 aliphatic heterocycles. The fourth-order valence-electron chi connectivity index (χ4n) is 10.6. The van der Waals surface area contributed by atoms with Gasteiger partial charge in [0.1, 0.15) is 0 Å². The first-order valence-corrected chi connectivity index (χ1v) is 25.7. The molecule has 0 N–H and O–H groups in total. The number of benzene rings is 7. The Bertz CT molecular complexity index is 3660. The van der Waals surface area contributed by atoms with E-state index in [2.05, 4.69) is 260 Å². The van der Waals surface area contributed by atoms with Crippen molar-refractivity contribution in [1.82, 2.24) is 18.7 Å².